The number of pyridine rings is 2. The Bertz CT molecular complexity index is 876. The molecule has 112 valence electrons. The Balaban J connectivity index is 0.000000164. The smallest absolute Gasteiger partial charge is 0.348 e. The van der Waals surface area contributed by atoms with Crippen LogP contribution in [0.4, 0.5) is 5.82 Å². The molecule has 3 rings (SSSR count). The van der Waals surface area contributed by atoms with Crippen molar-refractivity contribution in [1.29, 1.82) is 0 Å². The van der Waals surface area contributed by atoms with Gasteiger partial charge in [-0.05, 0) is 24.3 Å². The Hall–Kier alpha value is -3.29. The molecule has 0 aliphatic heterocycles. The van der Waals surface area contributed by atoms with Crippen LogP contribution in [0.25, 0.3) is 11.0 Å². The second-order valence-corrected chi connectivity index (χ2v) is 4.14. The standard InChI is InChI=1S/C8H6N2O2.C6H6N2O2/c1-5-10-7-6(8(11)12-5)3-2-4-9-7;7-5-4(6(9)10)2-1-3-8-5/h2-4H,1H3;1-3H,(H2,7,8)(H,9,10). The minimum Gasteiger partial charge on any atom is -0.478 e. The number of carbonyl (C=O) groups is 1. The van der Waals surface area contributed by atoms with E-state index in [1.165, 1.54) is 18.3 Å². The molecule has 0 aromatic carbocycles. The molecule has 3 heterocycles. The van der Waals surface area contributed by atoms with Crippen molar-refractivity contribution >= 4 is 22.8 Å². The Morgan fingerprint density at radius 3 is 2.55 bits per heavy atom. The third kappa shape index (κ3) is 3.42. The highest BCUT2D eigenvalue weighted by molar-refractivity contribution is 5.92. The Labute approximate surface area is 124 Å². The molecule has 8 heteroatoms. The van der Waals surface area contributed by atoms with E-state index in [1.54, 1.807) is 25.3 Å². The lowest BCUT2D eigenvalue weighted by atomic mass is 10.3. The summed E-state index contributed by atoms with van der Waals surface area (Å²) >= 11 is 0. The van der Waals surface area contributed by atoms with E-state index in [4.69, 9.17) is 15.3 Å². The number of fused-ring (bicyclic) bond motifs is 1. The quantitative estimate of drug-likeness (QED) is 0.686. The first-order valence-corrected chi connectivity index (χ1v) is 6.15. The van der Waals surface area contributed by atoms with E-state index < -0.39 is 5.97 Å². The van der Waals surface area contributed by atoms with Crippen LogP contribution in [0.15, 0.2) is 45.9 Å². The second-order valence-electron chi connectivity index (χ2n) is 4.14. The van der Waals surface area contributed by atoms with Crippen LogP contribution < -0.4 is 11.4 Å². The number of nitrogen functional groups attached to an aromatic ring is 1. The molecular formula is C14H12N4O4. The zero-order valence-electron chi connectivity index (χ0n) is 11.6. The van der Waals surface area contributed by atoms with Crippen molar-refractivity contribution in [3.05, 3.63) is 58.5 Å². The van der Waals surface area contributed by atoms with Gasteiger partial charge >= 0.3 is 11.6 Å². The lowest BCUT2D eigenvalue weighted by molar-refractivity contribution is 0.0697. The number of hydrogen-bond acceptors (Lipinski definition) is 7. The van der Waals surface area contributed by atoms with Gasteiger partial charge in [0.2, 0.25) is 0 Å². The number of aromatic nitrogens is 3. The molecule has 3 aromatic rings. The Kier molecular flexibility index (Phi) is 4.42. The van der Waals surface area contributed by atoms with Gasteiger partial charge in [-0.3, -0.25) is 0 Å². The zero-order valence-corrected chi connectivity index (χ0v) is 11.6. The number of anilines is 1. The molecular weight excluding hydrogens is 288 g/mol. The predicted molar refractivity (Wildman–Crippen MR) is 78.4 cm³/mol. The monoisotopic (exact) mass is 300 g/mol. The summed E-state index contributed by atoms with van der Waals surface area (Å²) < 4.78 is 4.78. The van der Waals surface area contributed by atoms with Crippen molar-refractivity contribution in [2.24, 2.45) is 0 Å². The van der Waals surface area contributed by atoms with Crippen LogP contribution in [-0.4, -0.2) is 26.0 Å². The van der Waals surface area contributed by atoms with E-state index in [0.29, 0.717) is 16.9 Å². The highest BCUT2D eigenvalue weighted by Crippen LogP contribution is 2.05. The maximum atomic E-state index is 11.2. The van der Waals surface area contributed by atoms with E-state index >= 15 is 0 Å². The number of carboxylic acids is 1. The zero-order chi connectivity index (χ0) is 16.1. The van der Waals surface area contributed by atoms with Crippen LogP contribution in [0.2, 0.25) is 0 Å². The van der Waals surface area contributed by atoms with Gasteiger partial charge in [0, 0.05) is 19.3 Å². The molecule has 0 saturated carbocycles. The Morgan fingerprint density at radius 2 is 1.91 bits per heavy atom. The summed E-state index contributed by atoms with van der Waals surface area (Å²) in [5.74, 6) is -0.660. The molecule has 0 aliphatic carbocycles. The van der Waals surface area contributed by atoms with Crippen LogP contribution in [0.5, 0.6) is 0 Å². The third-order valence-corrected chi connectivity index (χ3v) is 2.58. The number of carboxylic acid groups (broad SMARTS) is 1. The van der Waals surface area contributed by atoms with Crippen molar-refractivity contribution in [3.8, 4) is 0 Å². The molecule has 0 aliphatic rings. The average molecular weight is 300 g/mol. The maximum absolute atomic E-state index is 11.2. The van der Waals surface area contributed by atoms with E-state index in [2.05, 4.69) is 15.0 Å². The van der Waals surface area contributed by atoms with Crippen molar-refractivity contribution in [3.63, 3.8) is 0 Å². The minimum atomic E-state index is -1.05. The van der Waals surface area contributed by atoms with Gasteiger partial charge in [-0.15, -0.1) is 0 Å². The van der Waals surface area contributed by atoms with Gasteiger partial charge < -0.3 is 15.3 Å². The fourth-order valence-electron chi connectivity index (χ4n) is 1.60. The number of rotatable bonds is 1. The van der Waals surface area contributed by atoms with Crippen LogP contribution in [0.1, 0.15) is 16.2 Å². The molecule has 0 spiro atoms. The largest absolute Gasteiger partial charge is 0.478 e. The van der Waals surface area contributed by atoms with E-state index in [-0.39, 0.29) is 17.0 Å². The van der Waals surface area contributed by atoms with E-state index in [9.17, 15) is 9.59 Å². The fourth-order valence-corrected chi connectivity index (χ4v) is 1.60. The van der Waals surface area contributed by atoms with Crippen molar-refractivity contribution in [1.82, 2.24) is 15.0 Å². The number of nitrogens with two attached hydrogens (primary N) is 1. The average Bonchev–Trinajstić information content (AvgIpc) is 2.48. The summed E-state index contributed by atoms with van der Waals surface area (Å²) in [5.41, 5.74) is 5.33. The molecule has 3 aromatic heterocycles. The molecule has 0 fully saturated rings. The summed E-state index contributed by atoms with van der Waals surface area (Å²) in [4.78, 5) is 32.9. The predicted octanol–water partition coefficient (Wildman–Crippen LogP) is 1.25. The van der Waals surface area contributed by atoms with Crippen LogP contribution >= 0.6 is 0 Å². The van der Waals surface area contributed by atoms with E-state index in [1.807, 2.05) is 0 Å². The fraction of sp³-hybridized carbons (Fsp3) is 0.0714. The highest BCUT2D eigenvalue weighted by Gasteiger charge is 2.05. The van der Waals surface area contributed by atoms with Gasteiger partial charge in [0.1, 0.15) is 16.8 Å². The van der Waals surface area contributed by atoms with Crippen LogP contribution in [-0.2, 0) is 0 Å². The minimum absolute atomic E-state index is 0.0440. The lowest BCUT2D eigenvalue weighted by Gasteiger charge is -1.95. The first kappa shape index (κ1) is 15.1. The third-order valence-electron chi connectivity index (χ3n) is 2.58. The van der Waals surface area contributed by atoms with Gasteiger partial charge in [-0.1, -0.05) is 0 Å². The SMILES string of the molecule is Cc1nc2ncccc2c(=O)o1.Nc1ncccc1C(=O)O. The molecule has 0 atom stereocenters. The summed E-state index contributed by atoms with van der Waals surface area (Å²) in [7, 11) is 0. The number of aryl methyl sites for hydroxylation is 1. The number of aromatic carboxylic acids is 1. The Morgan fingerprint density at radius 1 is 1.23 bits per heavy atom. The first-order chi connectivity index (χ1) is 10.5. The van der Waals surface area contributed by atoms with Gasteiger partial charge in [-0.2, -0.15) is 4.98 Å². The molecule has 22 heavy (non-hydrogen) atoms. The summed E-state index contributed by atoms with van der Waals surface area (Å²) in [6, 6.07) is 6.25. The molecule has 0 radical (unpaired) electrons. The molecule has 3 N–H and O–H groups in total. The van der Waals surface area contributed by atoms with Crippen molar-refractivity contribution in [2.75, 3.05) is 5.73 Å². The van der Waals surface area contributed by atoms with Crippen LogP contribution in [0.3, 0.4) is 0 Å². The van der Waals surface area contributed by atoms with Gasteiger partial charge in [0.05, 0.1) is 0 Å². The number of hydrogen-bond donors (Lipinski definition) is 2. The summed E-state index contributed by atoms with van der Waals surface area (Å²) in [5, 5.41) is 8.87. The van der Waals surface area contributed by atoms with Gasteiger partial charge in [-0.25, -0.2) is 19.6 Å². The molecule has 0 amide bonds. The molecule has 0 saturated heterocycles. The van der Waals surface area contributed by atoms with Gasteiger partial charge in [0.25, 0.3) is 0 Å². The van der Waals surface area contributed by atoms with Crippen molar-refractivity contribution in [2.45, 2.75) is 6.92 Å². The molecule has 0 unspecified atom stereocenters. The molecule has 8 nitrogen and oxygen atoms in total. The number of nitrogens with zero attached hydrogens (tertiary/aromatic N) is 3. The lowest BCUT2D eigenvalue weighted by Crippen LogP contribution is -2.03. The van der Waals surface area contributed by atoms with Crippen LogP contribution in [0, 0.1) is 6.92 Å². The highest BCUT2D eigenvalue weighted by atomic mass is 16.4. The molecule has 0 bridgehead atoms. The normalized spacial score (nSPS) is 9.86. The summed E-state index contributed by atoms with van der Waals surface area (Å²) in [6.45, 7) is 1.62. The second kappa shape index (κ2) is 6.44. The van der Waals surface area contributed by atoms with E-state index in [0.717, 1.165) is 0 Å². The van der Waals surface area contributed by atoms with Gasteiger partial charge in [0.15, 0.2) is 11.5 Å². The van der Waals surface area contributed by atoms with Crippen molar-refractivity contribution < 1.29 is 14.3 Å². The topological polar surface area (TPSA) is 132 Å². The summed E-state index contributed by atoms with van der Waals surface area (Å²) in [6.07, 6.45) is 3.04. The first-order valence-electron chi connectivity index (χ1n) is 6.15. The maximum Gasteiger partial charge on any atom is 0.348 e.